The Hall–Kier alpha value is -3.52. The molecule has 0 bridgehead atoms. The van der Waals surface area contributed by atoms with Crippen molar-refractivity contribution in [3.05, 3.63) is 59.3 Å². The summed E-state index contributed by atoms with van der Waals surface area (Å²) in [6, 6.07) is 11.7. The van der Waals surface area contributed by atoms with Crippen molar-refractivity contribution >= 4 is 11.7 Å². The summed E-state index contributed by atoms with van der Waals surface area (Å²) in [5, 5.41) is 9.51. The van der Waals surface area contributed by atoms with Gasteiger partial charge in [-0.2, -0.15) is 15.2 Å². The van der Waals surface area contributed by atoms with Crippen molar-refractivity contribution in [2.75, 3.05) is 70.5 Å². The van der Waals surface area contributed by atoms with Crippen LogP contribution in [0.2, 0.25) is 0 Å². The lowest BCUT2D eigenvalue weighted by Gasteiger charge is -2.42. The maximum absolute atomic E-state index is 12.5. The number of hydrogen-bond donors (Lipinski definition) is 0. The van der Waals surface area contributed by atoms with Crippen LogP contribution in [0.15, 0.2) is 36.9 Å². The number of morpholine rings is 1. The minimum absolute atomic E-state index is 0.127. The van der Waals surface area contributed by atoms with Crippen LogP contribution < -0.4 is 9.64 Å². The van der Waals surface area contributed by atoms with Gasteiger partial charge in [-0.15, -0.1) is 0 Å². The van der Waals surface area contributed by atoms with E-state index in [1.54, 1.807) is 4.90 Å². The maximum atomic E-state index is 12.5. The van der Waals surface area contributed by atoms with Crippen molar-refractivity contribution in [1.82, 2.24) is 24.7 Å². The molecule has 2 atom stereocenters. The number of aromatic nitrogens is 2. The Labute approximate surface area is 248 Å². The molecular formula is C32H41N7O3. The summed E-state index contributed by atoms with van der Waals surface area (Å²) in [6.45, 7) is 12.1. The number of carbonyl (C=O) groups excluding carboxylic acids is 1. The predicted octanol–water partition coefficient (Wildman–Crippen LogP) is 2.22. The molecule has 0 spiro atoms. The fourth-order valence-corrected chi connectivity index (χ4v) is 6.85. The molecule has 0 radical (unpaired) electrons. The smallest absolute Gasteiger partial charge is 0.318 e. The SMILES string of the molecule is C=CC(=O)N1CCN(c2nc(OCCN3CCOCC3)nc3c2CCC(N2CCc4ccccc4C2)C3)CC1CC#N. The summed E-state index contributed by atoms with van der Waals surface area (Å²) >= 11 is 0. The largest absolute Gasteiger partial charge is 0.462 e. The minimum atomic E-state index is -0.213. The van der Waals surface area contributed by atoms with Crippen molar-refractivity contribution in [1.29, 1.82) is 5.26 Å². The first-order valence-corrected chi connectivity index (χ1v) is 15.3. The number of carbonyl (C=O) groups is 1. The average molecular weight is 572 g/mol. The van der Waals surface area contributed by atoms with E-state index in [9.17, 15) is 10.1 Å². The lowest BCUT2D eigenvalue weighted by Crippen LogP contribution is -2.55. The molecule has 1 amide bonds. The second-order valence-corrected chi connectivity index (χ2v) is 11.6. The van der Waals surface area contributed by atoms with Crippen LogP contribution in [0, 0.1) is 11.3 Å². The van der Waals surface area contributed by atoms with Gasteiger partial charge >= 0.3 is 6.01 Å². The molecule has 6 rings (SSSR count). The summed E-state index contributed by atoms with van der Waals surface area (Å²) < 4.78 is 11.7. The zero-order chi connectivity index (χ0) is 28.9. The van der Waals surface area contributed by atoms with Gasteiger partial charge in [0.15, 0.2) is 0 Å². The van der Waals surface area contributed by atoms with E-state index < -0.39 is 0 Å². The zero-order valence-corrected chi connectivity index (χ0v) is 24.4. The molecular weight excluding hydrogens is 530 g/mol. The molecule has 222 valence electrons. The summed E-state index contributed by atoms with van der Waals surface area (Å²) in [7, 11) is 0. The van der Waals surface area contributed by atoms with E-state index in [1.165, 1.54) is 22.8 Å². The number of amides is 1. The summed E-state index contributed by atoms with van der Waals surface area (Å²) in [4.78, 5) is 31.4. The van der Waals surface area contributed by atoms with Crippen LogP contribution in [0.25, 0.3) is 0 Å². The highest BCUT2D eigenvalue weighted by Crippen LogP contribution is 2.34. The van der Waals surface area contributed by atoms with Gasteiger partial charge in [-0.25, -0.2) is 0 Å². The van der Waals surface area contributed by atoms with Gasteiger partial charge in [-0.3, -0.25) is 14.6 Å². The lowest BCUT2D eigenvalue weighted by molar-refractivity contribution is -0.128. The second kappa shape index (κ2) is 13.2. The van der Waals surface area contributed by atoms with Gasteiger partial charge in [0.2, 0.25) is 5.91 Å². The number of nitrogens with zero attached hydrogens (tertiary/aromatic N) is 7. The molecule has 4 heterocycles. The molecule has 2 unspecified atom stereocenters. The highest BCUT2D eigenvalue weighted by Gasteiger charge is 2.35. The highest BCUT2D eigenvalue weighted by molar-refractivity contribution is 5.87. The Morgan fingerprint density at radius 3 is 2.76 bits per heavy atom. The molecule has 2 fully saturated rings. The Balaban J connectivity index is 1.23. The van der Waals surface area contributed by atoms with Gasteiger partial charge in [0.1, 0.15) is 12.4 Å². The van der Waals surface area contributed by atoms with E-state index in [0.717, 1.165) is 83.1 Å². The van der Waals surface area contributed by atoms with Gasteiger partial charge in [-0.05, 0) is 36.5 Å². The van der Waals surface area contributed by atoms with Gasteiger partial charge in [0, 0.05) is 70.4 Å². The van der Waals surface area contributed by atoms with Gasteiger partial charge in [0.05, 0.1) is 37.4 Å². The second-order valence-electron chi connectivity index (χ2n) is 11.6. The minimum Gasteiger partial charge on any atom is -0.462 e. The molecule has 10 nitrogen and oxygen atoms in total. The number of benzene rings is 1. The molecule has 0 N–H and O–H groups in total. The molecule has 10 heteroatoms. The predicted molar refractivity (Wildman–Crippen MR) is 159 cm³/mol. The van der Waals surface area contributed by atoms with Crippen molar-refractivity contribution in [3.8, 4) is 12.1 Å². The Morgan fingerprint density at radius 1 is 1.12 bits per heavy atom. The van der Waals surface area contributed by atoms with Crippen LogP contribution in [0.5, 0.6) is 6.01 Å². The number of fused-ring (bicyclic) bond motifs is 2. The molecule has 3 aliphatic heterocycles. The summed E-state index contributed by atoms with van der Waals surface area (Å²) in [5.41, 5.74) is 5.15. The monoisotopic (exact) mass is 571 g/mol. The number of anilines is 1. The summed E-state index contributed by atoms with van der Waals surface area (Å²) in [5.74, 6) is 0.773. The van der Waals surface area contributed by atoms with E-state index >= 15 is 0 Å². The first-order chi connectivity index (χ1) is 20.6. The fourth-order valence-electron chi connectivity index (χ4n) is 6.85. The highest BCUT2D eigenvalue weighted by atomic mass is 16.5. The molecule has 2 saturated heterocycles. The van der Waals surface area contributed by atoms with Crippen LogP contribution in [0.1, 0.15) is 35.2 Å². The Kier molecular flexibility index (Phi) is 8.98. The number of nitriles is 1. The van der Waals surface area contributed by atoms with E-state index in [2.05, 4.69) is 51.6 Å². The van der Waals surface area contributed by atoms with Crippen LogP contribution in [0.4, 0.5) is 5.82 Å². The van der Waals surface area contributed by atoms with Crippen LogP contribution >= 0.6 is 0 Å². The number of rotatable bonds is 8. The lowest BCUT2D eigenvalue weighted by atomic mass is 9.88. The van der Waals surface area contributed by atoms with Gasteiger partial charge in [0.25, 0.3) is 0 Å². The third-order valence-electron chi connectivity index (χ3n) is 9.19. The normalized spacial score (nSPS) is 23.0. The average Bonchev–Trinajstić information content (AvgIpc) is 3.04. The van der Waals surface area contributed by atoms with Gasteiger partial charge in [-0.1, -0.05) is 30.8 Å². The number of hydrogen-bond acceptors (Lipinski definition) is 9. The van der Waals surface area contributed by atoms with Crippen LogP contribution in [-0.2, 0) is 35.3 Å². The fraction of sp³-hybridized carbons (Fsp3) is 0.562. The third-order valence-corrected chi connectivity index (χ3v) is 9.19. The van der Waals surface area contributed by atoms with E-state index in [-0.39, 0.29) is 18.4 Å². The van der Waals surface area contributed by atoms with Crippen molar-refractivity contribution in [2.24, 2.45) is 0 Å². The standard InChI is InChI=1S/C32H41N7O3/c1-2-30(40)39-14-13-38(23-27(39)9-11-33)31-28-8-7-26(37-12-10-24-5-3-4-6-25(24)22-37)21-29(28)34-32(35-31)42-20-17-36-15-18-41-19-16-36/h2-6,26-27H,1,7-10,12-23H2. The van der Waals surface area contributed by atoms with Crippen LogP contribution in [-0.4, -0.2) is 108 Å². The molecule has 1 aromatic heterocycles. The van der Waals surface area contributed by atoms with E-state index in [1.807, 2.05) is 0 Å². The van der Waals surface area contributed by atoms with Gasteiger partial charge < -0.3 is 19.3 Å². The van der Waals surface area contributed by atoms with E-state index in [4.69, 9.17) is 19.4 Å². The Morgan fingerprint density at radius 2 is 1.95 bits per heavy atom. The Bertz CT molecular complexity index is 1320. The quantitative estimate of drug-likeness (QED) is 0.442. The molecule has 1 aliphatic carbocycles. The van der Waals surface area contributed by atoms with Crippen LogP contribution in [0.3, 0.4) is 0 Å². The molecule has 1 aromatic carbocycles. The molecule has 42 heavy (non-hydrogen) atoms. The molecule has 0 saturated carbocycles. The molecule has 2 aromatic rings. The van der Waals surface area contributed by atoms with E-state index in [0.29, 0.717) is 38.3 Å². The number of piperazine rings is 1. The first kappa shape index (κ1) is 28.6. The van der Waals surface area contributed by atoms with Crippen molar-refractivity contribution < 1.29 is 14.3 Å². The molecule has 4 aliphatic rings. The zero-order valence-electron chi connectivity index (χ0n) is 24.4. The first-order valence-electron chi connectivity index (χ1n) is 15.3. The van der Waals surface area contributed by atoms with Crippen molar-refractivity contribution in [2.45, 2.75) is 50.7 Å². The summed E-state index contributed by atoms with van der Waals surface area (Å²) in [6.07, 6.45) is 5.51. The van der Waals surface area contributed by atoms with Crippen molar-refractivity contribution in [3.63, 3.8) is 0 Å². The maximum Gasteiger partial charge on any atom is 0.318 e. The number of ether oxygens (including phenoxy) is 2. The third kappa shape index (κ3) is 6.28. The topological polar surface area (TPSA) is 98.1 Å².